The van der Waals surface area contributed by atoms with Crippen LogP contribution in [-0.2, 0) is 0 Å². The molecule has 1 aromatic heterocycles. The lowest BCUT2D eigenvalue weighted by atomic mass is 10.1. The molecule has 0 saturated carbocycles. The summed E-state index contributed by atoms with van der Waals surface area (Å²) in [5.41, 5.74) is 1.95. The van der Waals surface area contributed by atoms with Gasteiger partial charge < -0.3 is 9.47 Å². The predicted molar refractivity (Wildman–Crippen MR) is 67.8 cm³/mol. The third-order valence-corrected chi connectivity index (χ3v) is 2.62. The molecule has 17 heavy (non-hydrogen) atoms. The summed E-state index contributed by atoms with van der Waals surface area (Å²) in [5.74, 6) is 1.49. The Morgan fingerprint density at radius 1 is 0.941 bits per heavy atom. The van der Waals surface area contributed by atoms with E-state index in [0.29, 0.717) is 5.15 Å². The number of aromatic nitrogens is 1. The van der Waals surface area contributed by atoms with Gasteiger partial charge in [0.15, 0.2) is 0 Å². The number of methoxy groups -OCH3 is 2. The molecule has 1 aromatic carbocycles. The van der Waals surface area contributed by atoms with Crippen molar-refractivity contribution < 1.29 is 9.47 Å². The fraction of sp³-hybridized carbons (Fsp3) is 0.154. The van der Waals surface area contributed by atoms with E-state index in [0.717, 1.165) is 22.6 Å². The van der Waals surface area contributed by atoms with Crippen molar-refractivity contribution in [3.63, 3.8) is 0 Å². The number of hydrogen-bond acceptors (Lipinski definition) is 3. The predicted octanol–water partition coefficient (Wildman–Crippen LogP) is 3.42. The van der Waals surface area contributed by atoms with Crippen molar-refractivity contribution in [3.8, 4) is 22.6 Å². The van der Waals surface area contributed by atoms with Gasteiger partial charge in [-0.15, -0.1) is 0 Å². The second kappa shape index (κ2) is 5.06. The summed E-state index contributed by atoms with van der Waals surface area (Å²) in [6.07, 6.45) is 1.67. The first-order valence-electron chi connectivity index (χ1n) is 5.08. The van der Waals surface area contributed by atoms with Crippen LogP contribution in [0.4, 0.5) is 0 Å². The number of pyridine rings is 1. The molecule has 4 heteroatoms. The van der Waals surface area contributed by atoms with Crippen LogP contribution in [0.3, 0.4) is 0 Å². The standard InChI is InChI=1S/C13H12ClNO2/c1-16-11-5-10(6-12(8-11)17-2)9-3-4-15-13(14)7-9/h3-8H,1-2H3. The minimum absolute atomic E-state index is 0.462. The average molecular weight is 250 g/mol. The monoisotopic (exact) mass is 249 g/mol. The maximum Gasteiger partial charge on any atom is 0.129 e. The molecule has 0 aliphatic heterocycles. The van der Waals surface area contributed by atoms with Crippen LogP contribution in [0.15, 0.2) is 36.5 Å². The fourth-order valence-corrected chi connectivity index (χ4v) is 1.73. The highest BCUT2D eigenvalue weighted by Crippen LogP contribution is 2.30. The Bertz CT molecular complexity index is 506. The topological polar surface area (TPSA) is 31.4 Å². The van der Waals surface area contributed by atoms with Crippen molar-refractivity contribution in [1.82, 2.24) is 4.98 Å². The SMILES string of the molecule is COc1cc(OC)cc(-c2ccnc(Cl)c2)c1. The maximum atomic E-state index is 5.87. The van der Waals surface area contributed by atoms with E-state index in [1.807, 2.05) is 24.3 Å². The molecule has 2 rings (SSSR count). The van der Waals surface area contributed by atoms with Gasteiger partial charge in [0.05, 0.1) is 14.2 Å². The number of ether oxygens (including phenoxy) is 2. The van der Waals surface area contributed by atoms with Crippen LogP contribution >= 0.6 is 11.6 Å². The molecule has 0 saturated heterocycles. The molecule has 0 N–H and O–H groups in total. The summed E-state index contributed by atoms with van der Waals surface area (Å²) >= 11 is 5.87. The van der Waals surface area contributed by atoms with Crippen LogP contribution in [0, 0.1) is 0 Å². The van der Waals surface area contributed by atoms with Crippen molar-refractivity contribution in [2.45, 2.75) is 0 Å². The van der Waals surface area contributed by atoms with E-state index in [4.69, 9.17) is 21.1 Å². The van der Waals surface area contributed by atoms with Gasteiger partial charge in [-0.25, -0.2) is 4.98 Å². The van der Waals surface area contributed by atoms with Gasteiger partial charge in [0.2, 0.25) is 0 Å². The van der Waals surface area contributed by atoms with Crippen LogP contribution in [-0.4, -0.2) is 19.2 Å². The molecule has 0 unspecified atom stereocenters. The van der Waals surface area contributed by atoms with Crippen LogP contribution in [0.2, 0.25) is 5.15 Å². The van der Waals surface area contributed by atoms with Crippen molar-refractivity contribution in [1.29, 1.82) is 0 Å². The normalized spacial score (nSPS) is 10.1. The largest absolute Gasteiger partial charge is 0.497 e. The van der Waals surface area contributed by atoms with E-state index >= 15 is 0 Å². The number of nitrogens with zero attached hydrogens (tertiary/aromatic N) is 1. The Kier molecular flexibility index (Phi) is 3.49. The first-order valence-corrected chi connectivity index (χ1v) is 5.45. The van der Waals surface area contributed by atoms with Gasteiger partial charge in [0.1, 0.15) is 16.7 Å². The lowest BCUT2D eigenvalue weighted by molar-refractivity contribution is 0.394. The molecule has 88 valence electrons. The van der Waals surface area contributed by atoms with Crippen LogP contribution < -0.4 is 9.47 Å². The molecule has 0 fully saturated rings. The van der Waals surface area contributed by atoms with Gasteiger partial charge in [-0.1, -0.05) is 11.6 Å². The first-order chi connectivity index (χ1) is 8.22. The average Bonchev–Trinajstić information content (AvgIpc) is 2.38. The minimum atomic E-state index is 0.462. The summed E-state index contributed by atoms with van der Waals surface area (Å²) in [6, 6.07) is 9.37. The maximum absolute atomic E-state index is 5.87. The molecular formula is C13H12ClNO2. The van der Waals surface area contributed by atoms with Crippen molar-refractivity contribution >= 4 is 11.6 Å². The lowest BCUT2D eigenvalue weighted by Crippen LogP contribution is -1.89. The second-order valence-electron chi connectivity index (χ2n) is 3.47. The summed E-state index contributed by atoms with van der Waals surface area (Å²) in [4.78, 5) is 3.95. The smallest absolute Gasteiger partial charge is 0.129 e. The zero-order chi connectivity index (χ0) is 12.3. The Hall–Kier alpha value is -1.74. The van der Waals surface area contributed by atoms with E-state index in [-0.39, 0.29) is 0 Å². The summed E-state index contributed by atoms with van der Waals surface area (Å²) in [6.45, 7) is 0. The molecular weight excluding hydrogens is 238 g/mol. The van der Waals surface area contributed by atoms with Crippen molar-refractivity contribution in [2.24, 2.45) is 0 Å². The molecule has 2 aromatic rings. The summed E-state index contributed by atoms with van der Waals surface area (Å²) in [5, 5.41) is 0.462. The van der Waals surface area contributed by atoms with E-state index in [2.05, 4.69) is 4.98 Å². The van der Waals surface area contributed by atoms with Gasteiger partial charge in [-0.05, 0) is 35.4 Å². The van der Waals surface area contributed by atoms with Gasteiger partial charge in [-0.3, -0.25) is 0 Å². The third kappa shape index (κ3) is 2.68. The number of hydrogen-bond donors (Lipinski definition) is 0. The number of halogens is 1. The highest BCUT2D eigenvalue weighted by molar-refractivity contribution is 6.29. The molecule has 1 heterocycles. The molecule has 0 amide bonds. The van der Waals surface area contributed by atoms with Crippen molar-refractivity contribution in [3.05, 3.63) is 41.7 Å². The lowest BCUT2D eigenvalue weighted by Gasteiger charge is -2.08. The Labute approximate surface area is 105 Å². The highest BCUT2D eigenvalue weighted by atomic mass is 35.5. The summed E-state index contributed by atoms with van der Waals surface area (Å²) in [7, 11) is 3.25. The van der Waals surface area contributed by atoms with Crippen LogP contribution in [0.1, 0.15) is 0 Å². The van der Waals surface area contributed by atoms with E-state index < -0.39 is 0 Å². The zero-order valence-electron chi connectivity index (χ0n) is 9.61. The Balaban J connectivity index is 2.50. The molecule has 0 aliphatic rings. The van der Waals surface area contributed by atoms with Gasteiger partial charge in [0, 0.05) is 12.3 Å². The molecule has 3 nitrogen and oxygen atoms in total. The van der Waals surface area contributed by atoms with Gasteiger partial charge >= 0.3 is 0 Å². The zero-order valence-corrected chi connectivity index (χ0v) is 10.4. The molecule has 0 aliphatic carbocycles. The third-order valence-electron chi connectivity index (χ3n) is 2.41. The molecule has 0 spiro atoms. The van der Waals surface area contributed by atoms with Crippen molar-refractivity contribution in [2.75, 3.05) is 14.2 Å². The molecule has 0 bridgehead atoms. The van der Waals surface area contributed by atoms with E-state index in [1.165, 1.54) is 0 Å². The highest BCUT2D eigenvalue weighted by Gasteiger charge is 2.04. The van der Waals surface area contributed by atoms with Crippen LogP contribution in [0.25, 0.3) is 11.1 Å². The number of benzene rings is 1. The molecule has 0 atom stereocenters. The van der Waals surface area contributed by atoms with E-state index in [1.54, 1.807) is 26.5 Å². The number of rotatable bonds is 3. The van der Waals surface area contributed by atoms with Crippen LogP contribution in [0.5, 0.6) is 11.5 Å². The fourth-order valence-electron chi connectivity index (χ4n) is 1.56. The Morgan fingerprint density at radius 2 is 1.59 bits per heavy atom. The quantitative estimate of drug-likeness (QED) is 0.781. The molecule has 0 radical (unpaired) electrons. The van der Waals surface area contributed by atoms with Gasteiger partial charge in [-0.2, -0.15) is 0 Å². The minimum Gasteiger partial charge on any atom is -0.497 e. The summed E-state index contributed by atoms with van der Waals surface area (Å²) < 4.78 is 10.4. The Morgan fingerprint density at radius 3 is 2.12 bits per heavy atom. The second-order valence-corrected chi connectivity index (χ2v) is 3.86. The van der Waals surface area contributed by atoms with E-state index in [9.17, 15) is 0 Å². The van der Waals surface area contributed by atoms with Gasteiger partial charge in [0.25, 0.3) is 0 Å². The first kappa shape index (κ1) is 11.7.